The van der Waals surface area contributed by atoms with Crippen LogP contribution in [0.3, 0.4) is 0 Å². The Bertz CT molecular complexity index is 736. The van der Waals surface area contributed by atoms with Crippen LogP contribution in [0.2, 0.25) is 5.15 Å². The summed E-state index contributed by atoms with van der Waals surface area (Å²) in [4.78, 5) is 4.26. The normalized spacial score (nSPS) is 11.1. The third kappa shape index (κ3) is 1.75. The van der Waals surface area contributed by atoms with Crippen LogP contribution in [-0.2, 0) is 7.05 Å². The first-order chi connectivity index (χ1) is 8.65. The SMILES string of the molecule is Cn1nc(-c2cccc(F)c2)c2nc(Cl)ccc21. The predicted molar refractivity (Wildman–Crippen MR) is 68.9 cm³/mol. The summed E-state index contributed by atoms with van der Waals surface area (Å²) in [6.07, 6.45) is 0. The van der Waals surface area contributed by atoms with Gasteiger partial charge in [-0.25, -0.2) is 9.37 Å². The molecule has 2 heterocycles. The van der Waals surface area contributed by atoms with Crippen LogP contribution in [0.1, 0.15) is 0 Å². The smallest absolute Gasteiger partial charge is 0.130 e. The van der Waals surface area contributed by atoms with Gasteiger partial charge in [-0.2, -0.15) is 5.10 Å². The van der Waals surface area contributed by atoms with Gasteiger partial charge in [0.25, 0.3) is 0 Å². The number of fused-ring (bicyclic) bond motifs is 1. The Kier molecular flexibility index (Phi) is 2.52. The van der Waals surface area contributed by atoms with Crippen LogP contribution >= 0.6 is 11.6 Å². The Balaban J connectivity index is 2.32. The molecule has 0 bridgehead atoms. The molecule has 0 amide bonds. The fourth-order valence-corrected chi connectivity index (χ4v) is 2.09. The van der Waals surface area contributed by atoms with Crippen LogP contribution in [0.4, 0.5) is 4.39 Å². The highest BCUT2D eigenvalue weighted by atomic mass is 35.5. The number of aromatic nitrogens is 3. The van der Waals surface area contributed by atoms with E-state index in [-0.39, 0.29) is 5.82 Å². The van der Waals surface area contributed by atoms with Crippen molar-refractivity contribution in [1.29, 1.82) is 0 Å². The van der Waals surface area contributed by atoms with Crippen molar-refractivity contribution in [3.8, 4) is 11.3 Å². The Morgan fingerprint density at radius 2 is 2.06 bits per heavy atom. The summed E-state index contributed by atoms with van der Waals surface area (Å²) in [6.45, 7) is 0. The highest BCUT2D eigenvalue weighted by Crippen LogP contribution is 2.27. The second kappa shape index (κ2) is 4.07. The largest absolute Gasteiger partial charge is 0.266 e. The van der Waals surface area contributed by atoms with E-state index in [1.807, 2.05) is 13.1 Å². The van der Waals surface area contributed by atoms with Crippen molar-refractivity contribution < 1.29 is 4.39 Å². The predicted octanol–water partition coefficient (Wildman–Crippen LogP) is 3.43. The number of pyridine rings is 1. The van der Waals surface area contributed by atoms with Gasteiger partial charge in [-0.3, -0.25) is 4.68 Å². The molecule has 0 saturated carbocycles. The summed E-state index contributed by atoms with van der Waals surface area (Å²) < 4.78 is 15.0. The molecular weight excluding hydrogens is 253 g/mol. The molecular formula is C13H9ClFN3. The van der Waals surface area contributed by atoms with Gasteiger partial charge >= 0.3 is 0 Å². The van der Waals surface area contributed by atoms with E-state index in [1.54, 1.807) is 22.9 Å². The van der Waals surface area contributed by atoms with Crippen LogP contribution in [0.5, 0.6) is 0 Å². The Morgan fingerprint density at radius 3 is 2.83 bits per heavy atom. The summed E-state index contributed by atoms with van der Waals surface area (Å²) in [7, 11) is 1.82. The monoisotopic (exact) mass is 261 g/mol. The van der Waals surface area contributed by atoms with Crippen LogP contribution in [0.25, 0.3) is 22.3 Å². The first-order valence-electron chi connectivity index (χ1n) is 5.40. The van der Waals surface area contributed by atoms with Crippen molar-refractivity contribution in [2.75, 3.05) is 0 Å². The zero-order chi connectivity index (χ0) is 12.7. The molecule has 18 heavy (non-hydrogen) atoms. The van der Waals surface area contributed by atoms with Gasteiger partial charge in [0, 0.05) is 12.6 Å². The zero-order valence-corrected chi connectivity index (χ0v) is 10.3. The van der Waals surface area contributed by atoms with E-state index in [2.05, 4.69) is 10.1 Å². The topological polar surface area (TPSA) is 30.7 Å². The van der Waals surface area contributed by atoms with Crippen molar-refractivity contribution in [1.82, 2.24) is 14.8 Å². The molecule has 1 aromatic carbocycles. The number of halogens is 2. The van der Waals surface area contributed by atoms with Crippen LogP contribution in [0, 0.1) is 5.82 Å². The van der Waals surface area contributed by atoms with Gasteiger partial charge in [0.05, 0.1) is 5.52 Å². The van der Waals surface area contributed by atoms with Crippen molar-refractivity contribution in [3.63, 3.8) is 0 Å². The first kappa shape index (κ1) is 11.2. The van der Waals surface area contributed by atoms with Gasteiger partial charge in [-0.15, -0.1) is 0 Å². The van der Waals surface area contributed by atoms with Gasteiger partial charge in [0.2, 0.25) is 0 Å². The van der Waals surface area contributed by atoms with Crippen molar-refractivity contribution >= 4 is 22.6 Å². The fourth-order valence-electron chi connectivity index (χ4n) is 1.94. The molecule has 0 aliphatic heterocycles. The number of rotatable bonds is 1. The maximum atomic E-state index is 13.3. The second-order valence-corrected chi connectivity index (χ2v) is 4.37. The molecule has 3 rings (SSSR count). The first-order valence-corrected chi connectivity index (χ1v) is 5.78. The average Bonchev–Trinajstić information content (AvgIpc) is 2.66. The highest BCUT2D eigenvalue weighted by molar-refractivity contribution is 6.29. The minimum Gasteiger partial charge on any atom is -0.266 e. The molecule has 0 aliphatic carbocycles. The summed E-state index contributed by atoms with van der Waals surface area (Å²) in [5.74, 6) is -0.298. The lowest BCUT2D eigenvalue weighted by Crippen LogP contribution is -1.89. The van der Waals surface area contributed by atoms with Gasteiger partial charge in [-0.05, 0) is 24.3 Å². The van der Waals surface area contributed by atoms with E-state index in [4.69, 9.17) is 11.6 Å². The molecule has 90 valence electrons. The number of hydrogen-bond donors (Lipinski definition) is 0. The molecule has 3 aromatic rings. The minimum absolute atomic E-state index is 0.298. The fraction of sp³-hybridized carbons (Fsp3) is 0.0769. The molecule has 0 aliphatic rings. The summed E-state index contributed by atoms with van der Waals surface area (Å²) in [5, 5.41) is 4.77. The van der Waals surface area contributed by atoms with Crippen molar-refractivity contribution in [3.05, 3.63) is 47.4 Å². The minimum atomic E-state index is -0.298. The Hall–Kier alpha value is -1.94. The lowest BCUT2D eigenvalue weighted by Gasteiger charge is -1.97. The average molecular weight is 262 g/mol. The van der Waals surface area contributed by atoms with Crippen LogP contribution in [-0.4, -0.2) is 14.8 Å². The van der Waals surface area contributed by atoms with Gasteiger partial charge in [0.1, 0.15) is 22.2 Å². The maximum Gasteiger partial charge on any atom is 0.130 e. The molecule has 3 nitrogen and oxygen atoms in total. The quantitative estimate of drug-likeness (QED) is 0.629. The molecule has 0 atom stereocenters. The Morgan fingerprint density at radius 1 is 1.22 bits per heavy atom. The molecule has 2 aromatic heterocycles. The van der Waals surface area contributed by atoms with Gasteiger partial charge in [-0.1, -0.05) is 23.7 Å². The second-order valence-electron chi connectivity index (χ2n) is 3.98. The number of benzene rings is 1. The third-order valence-electron chi connectivity index (χ3n) is 2.76. The van der Waals surface area contributed by atoms with Crippen molar-refractivity contribution in [2.24, 2.45) is 7.05 Å². The summed E-state index contributed by atoms with van der Waals surface area (Å²) in [6, 6.07) is 9.84. The number of hydrogen-bond acceptors (Lipinski definition) is 2. The molecule has 0 unspecified atom stereocenters. The molecule has 0 spiro atoms. The van der Waals surface area contributed by atoms with E-state index in [0.29, 0.717) is 21.9 Å². The van der Waals surface area contributed by atoms with E-state index in [0.717, 1.165) is 5.52 Å². The van der Waals surface area contributed by atoms with E-state index < -0.39 is 0 Å². The van der Waals surface area contributed by atoms with Crippen molar-refractivity contribution in [2.45, 2.75) is 0 Å². The van der Waals surface area contributed by atoms with E-state index in [1.165, 1.54) is 12.1 Å². The van der Waals surface area contributed by atoms with E-state index >= 15 is 0 Å². The number of nitrogens with zero attached hydrogens (tertiary/aromatic N) is 3. The van der Waals surface area contributed by atoms with E-state index in [9.17, 15) is 4.39 Å². The molecule has 0 saturated heterocycles. The lowest BCUT2D eigenvalue weighted by molar-refractivity contribution is 0.628. The summed E-state index contributed by atoms with van der Waals surface area (Å²) in [5.41, 5.74) is 2.86. The number of aryl methyl sites for hydroxylation is 1. The lowest BCUT2D eigenvalue weighted by atomic mass is 10.1. The van der Waals surface area contributed by atoms with Gasteiger partial charge in [0.15, 0.2) is 0 Å². The molecule has 5 heteroatoms. The highest BCUT2D eigenvalue weighted by Gasteiger charge is 2.12. The van der Waals surface area contributed by atoms with Gasteiger partial charge < -0.3 is 0 Å². The molecule has 0 fully saturated rings. The van der Waals surface area contributed by atoms with Crippen LogP contribution in [0.15, 0.2) is 36.4 Å². The third-order valence-corrected chi connectivity index (χ3v) is 2.97. The molecule has 0 radical (unpaired) electrons. The summed E-state index contributed by atoms with van der Waals surface area (Å²) >= 11 is 5.90. The molecule has 0 N–H and O–H groups in total. The van der Waals surface area contributed by atoms with Crippen LogP contribution < -0.4 is 0 Å². The Labute approximate surface area is 108 Å². The maximum absolute atomic E-state index is 13.3. The standard InChI is InChI=1S/C13H9ClFN3/c1-18-10-5-6-11(14)16-13(10)12(17-18)8-3-2-4-9(15)7-8/h2-7H,1H3. The zero-order valence-electron chi connectivity index (χ0n) is 9.56.